The van der Waals surface area contributed by atoms with Crippen molar-refractivity contribution in [3.8, 4) is 5.75 Å². The molecule has 0 unspecified atom stereocenters. The molecule has 0 spiro atoms. The molecule has 0 aliphatic carbocycles. The van der Waals surface area contributed by atoms with Crippen molar-refractivity contribution in [2.45, 2.75) is 12.5 Å². The van der Waals surface area contributed by atoms with Gasteiger partial charge >= 0.3 is 0 Å². The number of hydrogen-bond acceptors (Lipinski definition) is 2. The molecule has 0 saturated carbocycles. The number of carbonyl (C=O) groups excluding carboxylic acids is 1. The van der Waals surface area contributed by atoms with Gasteiger partial charge in [-0.15, -0.1) is 0 Å². The highest BCUT2D eigenvalue weighted by Gasteiger charge is 2.28. The Morgan fingerprint density at radius 3 is 2.76 bits per heavy atom. The molecule has 1 aliphatic heterocycles. The van der Waals surface area contributed by atoms with Crippen LogP contribution in [0.3, 0.4) is 0 Å². The lowest BCUT2D eigenvalue weighted by atomic mass is 9.95. The van der Waals surface area contributed by atoms with Gasteiger partial charge in [-0.25, -0.2) is 0 Å². The highest BCUT2D eigenvalue weighted by Crippen LogP contribution is 2.30. The van der Waals surface area contributed by atoms with E-state index >= 15 is 0 Å². The van der Waals surface area contributed by atoms with Crippen LogP contribution in [0.1, 0.15) is 17.2 Å². The molecular formula is C20H24ClN2O2+. The largest absolute Gasteiger partial charge is 0.492 e. The standard InChI is InChI=1S/C20H23ClN2O2/c1-23(2)12-18(14-6-4-3-5-7-14)22-20(24)16-10-15-11-17(21)8-9-19(15)25-13-16/h3-9,11,16,18H,10,12-13H2,1-2H3,(H,22,24)/p+1/t16-,18-/m1/s1. The first-order valence-corrected chi connectivity index (χ1v) is 8.96. The minimum absolute atomic E-state index is 0.0144. The van der Waals surface area contributed by atoms with E-state index in [1.165, 1.54) is 4.90 Å². The summed E-state index contributed by atoms with van der Waals surface area (Å²) in [7, 11) is 4.17. The van der Waals surface area contributed by atoms with Gasteiger partial charge < -0.3 is 15.0 Å². The Balaban J connectivity index is 1.71. The maximum absolute atomic E-state index is 12.8. The Morgan fingerprint density at radius 2 is 2.04 bits per heavy atom. The Bertz CT molecular complexity index is 734. The molecular weight excluding hydrogens is 336 g/mol. The molecule has 2 N–H and O–H groups in total. The Hall–Kier alpha value is -2.04. The van der Waals surface area contributed by atoms with Crippen molar-refractivity contribution in [3.05, 3.63) is 64.7 Å². The molecule has 4 nitrogen and oxygen atoms in total. The molecule has 2 aromatic carbocycles. The molecule has 25 heavy (non-hydrogen) atoms. The molecule has 0 aromatic heterocycles. The molecule has 1 heterocycles. The molecule has 132 valence electrons. The monoisotopic (exact) mass is 359 g/mol. The van der Waals surface area contributed by atoms with Gasteiger partial charge in [0.25, 0.3) is 0 Å². The average molecular weight is 360 g/mol. The lowest BCUT2D eigenvalue weighted by Gasteiger charge is -2.27. The van der Waals surface area contributed by atoms with Gasteiger partial charge in [-0.3, -0.25) is 4.79 Å². The predicted molar refractivity (Wildman–Crippen MR) is 99.1 cm³/mol. The van der Waals surface area contributed by atoms with Gasteiger partial charge in [0, 0.05) is 5.02 Å². The van der Waals surface area contributed by atoms with E-state index in [0.717, 1.165) is 23.4 Å². The van der Waals surface area contributed by atoms with Crippen LogP contribution in [0.15, 0.2) is 48.5 Å². The summed E-state index contributed by atoms with van der Waals surface area (Å²) in [6.07, 6.45) is 0.651. The first kappa shape index (κ1) is 17.8. The molecule has 0 fully saturated rings. The molecule has 2 aromatic rings. The summed E-state index contributed by atoms with van der Waals surface area (Å²) in [5.41, 5.74) is 2.12. The number of benzene rings is 2. The smallest absolute Gasteiger partial charge is 0.227 e. The molecule has 2 atom stereocenters. The zero-order valence-corrected chi connectivity index (χ0v) is 15.3. The van der Waals surface area contributed by atoms with Crippen LogP contribution in [-0.4, -0.2) is 33.2 Å². The second-order valence-corrected chi connectivity index (χ2v) is 7.28. The third-order valence-electron chi connectivity index (χ3n) is 4.43. The third kappa shape index (κ3) is 4.53. The van der Waals surface area contributed by atoms with Crippen LogP contribution in [0.2, 0.25) is 5.02 Å². The lowest BCUT2D eigenvalue weighted by molar-refractivity contribution is -0.860. The fraction of sp³-hybridized carbons (Fsp3) is 0.350. The highest BCUT2D eigenvalue weighted by molar-refractivity contribution is 6.30. The topological polar surface area (TPSA) is 42.8 Å². The number of quaternary nitrogens is 1. The fourth-order valence-electron chi connectivity index (χ4n) is 3.17. The van der Waals surface area contributed by atoms with E-state index in [1.54, 1.807) is 0 Å². The van der Waals surface area contributed by atoms with Gasteiger partial charge in [0.15, 0.2) is 0 Å². The zero-order chi connectivity index (χ0) is 17.8. The van der Waals surface area contributed by atoms with E-state index in [1.807, 2.05) is 36.4 Å². The van der Waals surface area contributed by atoms with Crippen molar-refractivity contribution < 1.29 is 14.4 Å². The maximum atomic E-state index is 12.8. The van der Waals surface area contributed by atoms with E-state index in [4.69, 9.17) is 16.3 Å². The fourth-order valence-corrected chi connectivity index (χ4v) is 3.36. The molecule has 0 bridgehead atoms. The molecule has 5 heteroatoms. The van der Waals surface area contributed by atoms with Gasteiger partial charge in [-0.1, -0.05) is 41.9 Å². The van der Waals surface area contributed by atoms with Crippen molar-refractivity contribution in [2.75, 3.05) is 27.2 Å². The van der Waals surface area contributed by atoms with Gasteiger partial charge in [-0.05, 0) is 35.7 Å². The molecule has 1 aliphatic rings. The quantitative estimate of drug-likeness (QED) is 0.856. The van der Waals surface area contributed by atoms with E-state index in [9.17, 15) is 4.79 Å². The zero-order valence-electron chi connectivity index (χ0n) is 14.6. The second kappa shape index (κ2) is 7.89. The summed E-state index contributed by atoms with van der Waals surface area (Å²) in [5, 5.41) is 3.88. The number of nitrogens with one attached hydrogen (secondary N) is 2. The predicted octanol–water partition coefficient (Wildman–Crippen LogP) is 1.89. The summed E-state index contributed by atoms with van der Waals surface area (Å²) >= 11 is 6.07. The number of rotatable bonds is 5. The normalized spacial score (nSPS) is 17.5. The molecule has 3 rings (SSSR count). The second-order valence-electron chi connectivity index (χ2n) is 6.85. The van der Waals surface area contributed by atoms with Crippen LogP contribution in [0, 0.1) is 5.92 Å². The lowest BCUT2D eigenvalue weighted by Crippen LogP contribution is -3.06. The number of hydrogen-bond donors (Lipinski definition) is 2. The van der Waals surface area contributed by atoms with Crippen molar-refractivity contribution in [1.82, 2.24) is 5.32 Å². The van der Waals surface area contributed by atoms with Gasteiger partial charge in [0.2, 0.25) is 5.91 Å². The van der Waals surface area contributed by atoms with Crippen LogP contribution in [0.25, 0.3) is 0 Å². The van der Waals surface area contributed by atoms with Crippen LogP contribution < -0.4 is 15.0 Å². The summed E-state index contributed by atoms with van der Waals surface area (Å²) in [6.45, 7) is 1.22. The highest BCUT2D eigenvalue weighted by atomic mass is 35.5. The molecule has 0 radical (unpaired) electrons. The summed E-state index contributed by atoms with van der Waals surface area (Å²) in [4.78, 5) is 14.1. The average Bonchev–Trinajstić information content (AvgIpc) is 2.60. The third-order valence-corrected chi connectivity index (χ3v) is 4.67. The molecule has 1 amide bonds. The van der Waals surface area contributed by atoms with Crippen molar-refractivity contribution in [1.29, 1.82) is 0 Å². The number of likely N-dealkylation sites (N-methyl/N-ethyl adjacent to an activating group) is 1. The van der Waals surface area contributed by atoms with E-state index in [0.29, 0.717) is 18.1 Å². The maximum Gasteiger partial charge on any atom is 0.227 e. The van der Waals surface area contributed by atoms with Crippen LogP contribution >= 0.6 is 11.6 Å². The Kier molecular flexibility index (Phi) is 5.61. The summed E-state index contributed by atoms with van der Waals surface area (Å²) in [5.74, 6) is 0.654. The summed E-state index contributed by atoms with van der Waals surface area (Å²) in [6, 6.07) is 15.7. The van der Waals surface area contributed by atoms with Crippen molar-refractivity contribution >= 4 is 17.5 Å². The van der Waals surface area contributed by atoms with Crippen LogP contribution in [-0.2, 0) is 11.2 Å². The van der Waals surface area contributed by atoms with Crippen LogP contribution in [0.5, 0.6) is 5.75 Å². The van der Waals surface area contributed by atoms with Crippen LogP contribution in [0.4, 0.5) is 0 Å². The minimum atomic E-state index is -0.200. The van der Waals surface area contributed by atoms with Crippen molar-refractivity contribution in [2.24, 2.45) is 5.92 Å². The Labute approximate surface area is 153 Å². The van der Waals surface area contributed by atoms with E-state index in [2.05, 4.69) is 31.5 Å². The number of ether oxygens (including phenoxy) is 1. The van der Waals surface area contributed by atoms with E-state index < -0.39 is 0 Å². The van der Waals surface area contributed by atoms with Crippen molar-refractivity contribution in [3.63, 3.8) is 0 Å². The minimum Gasteiger partial charge on any atom is -0.492 e. The number of halogens is 1. The van der Waals surface area contributed by atoms with Gasteiger partial charge in [-0.2, -0.15) is 0 Å². The first-order chi connectivity index (χ1) is 12.0. The molecule has 0 saturated heterocycles. The number of fused-ring (bicyclic) bond motifs is 1. The summed E-state index contributed by atoms with van der Waals surface area (Å²) < 4.78 is 5.76. The van der Waals surface area contributed by atoms with Gasteiger partial charge in [0.05, 0.1) is 20.0 Å². The number of carbonyl (C=O) groups is 1. The number of amides is 1. The Morgan fingerprint density at radius 1 is 1.28 bits per heavy atom. The SMILES string of the molecule is C[NH+](C)C[C@@H](NC(=O)[C@H]1COc2ccc(Cl)cc2C1)c1ccccc1. The van der Waals surface area contributed by atoms with Gasteiger partial charge in [0.1, 0.15) is 24.9 Å². The van der Waals surface area contributed by atoms with E-state index in [-0.39, 0.29) is 17.9 Å². The first-order valence-electron chi connectivity index (χ1n) is 8.58.